The van der Waals surface area contributed by atoms with Gasteiger partial charge in [0.25, 0.3) is 5.91 Å². The second-order valence-corrected chi connectivity index (χ2v) is 10.4. The van der Waals surface area contributed by atoms with Crippen molar-refractivity contribution in [2.45, 2.75) is 40.8 Å². The minimum Gasteiger partial charge on any atom is -0.861 e. The van der Waals surface area contributed by atoms with Gasteiger partial charge in [0.15, 0.2) is 0 Å². The maximum Gasteiger partial charge on any atom is 0.327 e. The highest BCUT2D eigenvalue weighted by atomic mass is 32.2. The third-order valence-corrected chi connectivity index (χ3v) is 8.44. The number of rotatable bonds is 6. The lowest BCUT2D eigenvalue weighted by molar-refractivity contribution is -0.222. The average molecular weight is 430 g/mol. The number of hydrogen-bond donors (Lipinski definition) is 2. The number of carbonyl (C=O) groups is 3. The van der Waals surface area contributed by atoms with Gasteiger partial charge in [0.1, 0.15) is 17.3 Å². The van der Waals surface area contributed by atoms with Gasteiger partial charge in [-0.2, -0.15) is 0 Å². The second kappa shape index (κ2) is 6.71. The molecule has 2 N–H and O–H groups in total. The highest BCUT2D eigenvalue weighted by Gasteiger charge is 2.71. The number of β-lactam (4-membered cyclic amide) rings is 1. The van der Waals surface area contributed by atoms with Crippen molar-refractivity contribution in [3.05, 3.63) is 22.4 Å². The summed E-state index contributed by atoms with van der Waals surface area (Å²) < 4.78 is -0.762. The van der Waals surface area contributed by atoms with E-state index in [1.165, 1.54) is 22.7 Å². The summed E-state index contributed by atoms with van der Waals surface area (Å²) in [7, 11) is 0. The normalized spacial score (nSPS) is 30.6. The molecule has 1 aromatic heterocycles. The van der Waals surface area contributed by atoms with Crippen LogP contribution in [0, 0.1) is 0 Å². The van der Waals surface area contributed by atoms with Gasteiger partial charge in [-0.05, 0) is 37.4 Å². The highest BCUT2D eigenvalue weighted by Crippen LogP contribution is 2.59. The number of carboxylic acids is 2. The first kappa shape index (κ1) is 20.0. The molecule has 11 heteroatoms. The summed E-state index contributed by atoms with van der Waals surface area (Å²) in [5.74, 6) is -5.43. The van der Waals surface area contributed by atoms with E-state index in [0.717, 1.165) is 23.1 Å². The van der Waals surface area contributed by atoms with Gasteiger partial charge in [-0.25, -0.2) is 4.79 Å². The molecular weight excluding hydrogens is 412 g/mol. The van der Waals surface area contributed by atoms with Crippen molar-refractivity contribution in [3.8, 4) is 0 Å². The number of aliphatic imine (C=N–C) groups is 1. The van der Waals surface area contributed by atoms with E-state index in [0.29, 0.717) is 4.88 Å². The molecule has 3 rings (SSSR count). The van der Waals surface area contributed by atoms with Gasteiger partial charge in [0, 0.05) is 9.62 Å². The highest BCUT2D eigenvalue weighted by molar-refractivity contribution is 8.05. The van der Waals surface area contributed by atoms with E-state index in [1.807, 2.05) is 0 Å². The van der Waals surface area contributed by atoms with Gasteiger partial charge in [0.2, 0.25) is 4.87 Å². The monoisotopic (exact) mass is 429 g/mol. The van der Waals surface area contributed by atoms with Crippen molar-refractivity contribution < 1.29 is 29.7 Å². The molecule has 1 amide bonds. The molecule has 1 aromatic rings. The van der Waals surface area contributed by atoms with Crippen molar-refractivity contribution in [1.82, 2.24) is 4.90 Å². The van der Waals surface area contributed by atoms with Crippen LogP contribution in [0.15, 0.2) is 22.5 Å². The predicted molar refractivity (Wildman–Crippen MR) is 102 cm³/mol. The van der Waals surface area contributed by atoms with Crippen molar-refractivity contribution >= 4 is 58.6 Å². The number of thioether (sulfide) groups is 2. The van der Waals surface area contributed by atoms with Gasteiger partial charge in [-0.15, -0.1) is 34.9 Å². The van der Waals surface area contributed by atoms with Gasteiger partial charge in [-0.3, -0.25) is 14.6 Å². The summed E-state index contributed by atoms with van der Waals surface area (Å²) >= 11 is 3.42. The van der Waals surface area contributed by atoms with E-state index in [-0.39, 0.29) is 0 Å². The van der Waals surface area contributed by atoms with E-state index < -0.39 is 50.7 Å². The summed E-state index contributed by atoms with van der Waals surface area (Å²) in [5.41, 5.74) is 0. The fraction of sp³-hybridized carbons (Fsp3) is 0.500. The quantitative estimate of drug-likeness (QED) is 0.387. The number of aliphatic carboxylic acids is 2. The van der Waals surface area contributed by atoms with Crippen molar-refractivity contribution in [1.29, 1.82) is 0 Å². The van der Waals surface area contributed by atoms with Gasteiger partial charge >= 0.3 is 11.9 Å². The van der Waals surface area contributed by atoms with Crippen LogP contribution in [-0.2, 0) is 14.4 Å². The molecular formula is C16H17N2O6S3-. The Kier molecular flexibility index (Phi) is 4.98. The average Bonchev–Trinajstić information content (AvgIpc) is 3.16. The molecule has 2 aliphatic rings. The summed E-state index contributed by atoms with van der Waals surface area (Å²) in [4.78, 5) is 40.2. The number of fused-ring (bicyclic) bond motifs is 1. The van der Waals surface area contributed by atoms with E-state index in [9.17, 15) is 29.7 Å². The fourth-order valence-electron chi connectivity index (χ4n) is 3.38. The Morgan fingerprint density at radius 2 is 2.07 bits per heavy atom. The number of hydrogen-bond acceptors (Lipinski definition) is 8. The topological polar surface area (TPSA) is 130 Å². The molecule has 8 nitrogen and oxygen atoms in total. The van der Waals surface area contributed by atoms with Crippen molar-refractivity contribution in [2.24, 2.45) is 4.99 Å². The van der Waals surface area contributed by atoms with Crippen LogP contribution in [0.3, 0.4) is 0 Å². The number of nitrogens with zero attached hydrogens (tertiary/aromatic N) is 2. The first-order valence-electron chi connectivity index (χ1n) is 7.88. The zero-order valence-electron chi connectivity index (χ0n) is 14.6. The third kappa shape index (κ3) is 2.92. The standard InChI is InChI=1S/C16H18N2O6S3/c1-15(2)9(12(22)23)18-13(24)16(25-3,14(18)27-15)17-10(19)8(11(20)21)7-5-4-6-26-7/h4-6,8-9,14H,1-3H3,(H,17,19)(H,20,21)(H,22,23)/p-1/t8?,9-,14+,16-/m0/s1. The van der Waals surface area contributed by atoms with Crippen LogP contribution >= 0.6 is 34.9 Å². The Hall–Kier alpha value is -1.72. The molecule has 2 saturated heterocycles. The van der Waals surface area contributed by atoms with E-state index >= 15 is 0 Å². The largest absolute Gasteiger partial charge is 0.861 e. The minimum absolute atomic E-state index is 0.332. The van der Waals surface area contributed by atoms with Crippen molar-refractivity contribution in [3.63, 3.8) is 0 Å². The van der Waals surface area contributed by atoms with Gasteiger partial charge in [-0.1, -0.05) is 6.07 Å². The number of carbonyl (C=O) groups excluding carboxylic acids is 1. The Labute approximate surface area is 167 Å². The second-order valence-electron chi connectivity index (χ2n) is 6.66. The maximum atomic E-state index is 12.9. The third-order valence-electron chi connectivity index (χ3n) is 4.62. The first-order valence-corrected chi connectivity index (χ1v) is 10.9. The smallest absolute Gasteiger partial charge is 0.327 e. The molecule has 0 spiro atoms. The lowest BCUT2D eigenvalue weighted by Crippen LogP contribution is -2.71. The molecule has 0 radical (unpaired) electrons. The van der Waals surface area contributed by atoms with Crippen LogP contribution in [0.5, 0.6) is 0 Å². The fourth-order valence-corrected chi connectivity index (χ4v) is 6.96. The zero-order chi connectivity index (χ0) is 20.1. The number of thiophene rings is 1. The Morgan fingerprint density at radius 1 is 1.41 bits per heavy atom. The molecule has 2 aliphatic heterocycles. The van der Waals surface area contributed by atoms with Gasteiger partial charge < -0.3 is 20.2 Å². The first-order chi connectivity index (χ1) is 12.6. The summed E-state index contributed by atoms with van der Waals surface area (Å²) in [6.07, 6.45) is 1.61. The number of carboxylic acid groups (broad SMARTS) is 2. The molecule has 0 aromatic carbocycles. The van der Waals surface area contributed by atoms with Crippen LogP contribution in [0.2, 0.25) is 0 Å². The van der Waals surface area contributed by atoms with Crippen LogP contribution in [0.4, 0.5) is 0 Å². The molecule has 0 aliphatic carbocycles. The summed E-state index contributed by atoms with van der Waals surface area (Å²) in [6.45, 7) is 3.45. The molecule has 0 saturated carbocycles. The molecule has 0 bridgehead atoms. The van der Waals surface area contributed by atoms with E-state index in [4.69, 9.17) is 0 Å². The Balaban J connectivity index is 2.00. The molecule has 146 valence electrons. The van der Waals surface area contributed by atoms with Crippen LogP contribution in [0.1, 0.15) is 24.6 Å². The lowest BCUT2D eigenvalue weighted by Gasteiger charge is -2.50. The summed E-state index contributed by atoms with van der Waals surface area (Å²) in [6, 6.07) is 2.14. The van der Waals surface area contributed by atoms with Crippen molar-refractivity contribution in [2.75, 3.05) is 6.26 Å². The molecule has 3 heterocycles. The Bertz CT molecular complexity index is 824. The molecule has 1 unspecified atom stereocenters. The molecule has 4 atom stereocenters. The SMILES string of the molecule is CS[C@@]1(N=C([O-])C(C(=O)O)c2cccs2)C(=O)N2[C@@H](C(=O)O)C(C)(C)S[C@@H]21. The number of amides is 1. The zero-order valence-corrected chi connectivity index (χ0v) is 17.1. The minimum atomic E-state index is -1.51. The summed E-state index contributed by atoms with van der Waals surface area (Å²) in [5, 5.41) is 32.7. The molecule has 27 heavy (non-hydrogen) atoms. The van der Waals surface area contributed by atoms with E-state index in [2.05, 4.69) is 4.99 Å². The Morgan fingerprint density at radius 3 is 2.56 bits per heavy atom. The van der Waals surface area contributed by atoms with Gasteiger partial charge in [0.05, 0.1) is 0 Å². The lowest BCUT2D eigenvalue weighted by atomic mass is 9.95. The van der Waals surface area contributed by atoms with Crippen LogP contribution in [0.25, 0.3) is 0 Å². The van der Waals surface area contributed by atoms with Crippen LogP contribution in [-0.4, -0.2) is 66.1 Å². The maximum absolute atomic E-state index is 12.9. The predicted octanol–water partition coefficient (Wildman–Crippen LogP) is 0.881. The van der Waals surface area contributed by atoms with E-state index in [1.54, 1.807) is 31.5 Å². The molecule has 2 fully saturated rings. The van der Waals surface area contributed by atoms with Crippen LogP contribution < -0.4 is 5.11 Å².